The third-order valence-electron chi connectivity index (χ3n) is 3.99. The number of amides is 1. The molecule has 8 heteroatoms. The molecule has 2 heterocycles. The van der Waals surface area contributed by atoms with Crippen molar-refractivity contribution in [3.63, 3.8) is 0 Å². The maximum absolute atomic E-state index is 12.2. The Hall–Kier alpha value is -1.18. The summed E-state index contributed by atoms with van der Waals surface area (Å²) >= 11 is 0. The summed E-state index contributed by atoms with van der Waals surface area (Å²) in [5.41, 5.74) is 5.91. The molecule has 1 fully saturated rings. The summed E-state index contributed by atoms with van der Waals surface area (Å²) in [6, 6.07) is -0.287. The van der Waals surface area contributed by atoms with Crippen molar-refractivity contribution in [1.82, 2.24) is 19.9 Å². The highest BCUT2D eigenvalue weighted by Gasteiger charge is 2.28. The van der Waals surface area contributed by atoms with Gasteiger partial charge in [-0.15, -0.1) is 12.4 Å². The van der Waals surface area contributed by atoms with Gasteiger partial charge in [0.15, 0.2) is 5.82 Å². The highest BCUT2D eigenvalue weighted by atomic mass is 35.5. The second-order valence-corrected chi connectivity index (χ2v) is 5.61. The van der Waals surface area contributed by atoms with Gasteiger partial charge in [0.2, 0.25) is 11.8 Å². The third kappa shape index (κ3) is 4.41. The van der Waals surface area contributed by atoms with E-state index in [1.165, 1.54) is 0 Å². The molecule has 0 bridgehead atoms. The van der Waals surface area contributed by atoms with E-state index in [9.17, 15) is 4.79 Å². The van der Waals surface area contributed by atoms with Crippen LogP contribution in [0.1, 0.15) is 44.4 Å². The first-order valence-corrected chi connectivity index (χ1v) is 7.61. The Morgan fingerprint density at radius 1 is 1.36 bits per heavy atom. The van der Waals surface area contributed by atoms with E-state index >= 15 is 0 Å². The molecule has 126 valence electrons. The van der Waals surface area contributed by atoms with E-state index in [-0.39, 0.29) is 30.4 Å². The number of nitrogens with zero attached hydrogens (tertiary/aromatic N) is 4. The lowest BCUT2D eigenvalue weighted by atomic mass is 10.1. The van der Waals surface area contributed by atoms with Gasteiger partial charge in [0.05, 0.1) is 12.1 Å². The zero-order chi connectivity index (χ0) is 15.4. The molecule has 1 saturated heterocycles. The Morgan fingerprint density at radius 2 is 2.00 bits per heavy atom. The first kappa shape index (κ1) is 18.9. The van der Waals surface area contributed by atoms with Gasteiger partial charge >= 0.3 is 0 Å². The molecule has 0 radical (unpaired) electrons. The largest absolute Gasteiger partial charge is 0.339 e. The first-order valence-electron chi connectivity index (χ1n) is 7.61. The molecule has 1 aromatic heterocycles. The van der Waals surface area contributed by atoms with Crippen LogP contribution < -0.4 is 5.73 Å². The molecule has 2 atom stereocenters. The summed E-state index contributed by atoms with van der Waals surface area (Å²) in [4.78, 5) is 20.6. The van der Waals surface area contributed by atoms with Gasteiger partial charge < -0.3 is 15.2 Å². The smallest absolute Gasteiger partial charge is 0.243 e. The number of aryl methyl sites for hydroxylation is 1. The van der Waals surface area contributed by atoms with Crippen LogP contribution in [-0.2, 0) is 4.79 Å². The Kier molecular flexibility index (Phi) is 7.25. The van der Waals surface area contributed by atoms with Crippen LogP contribution >= 0.6 is 12.4 Å². The van der Waals surface area contributed by atoms with E-state index in [0.717, 1.165) is 25.9 Å². The molecular weight excluding hydrogens is 306 g/mol. The zero-order valence-corrected chi connectivity index (χ0v) is 14.3. The van der Waals surface area contributed by atoms with Crippen LogP contribution in [0.2, 0.25) is 0 Å². The summed E-state index contributed by atoms with van der Waals surface area (Å²) in [5, 5.41) is 3.83. The van der Waals surface area contributed by atoms with E-state index in [2.05, 4.69) is 15.0 Å². The van der Waals surface area contributed by atoms with Crippen LogP contribution in [0.3, 0.4) is 0 Å². The fourth-order valence-corrected chi connectivity index (χ4v) is 2.64. The monoisotopic (exact) mass is 331 g/mol. The summed E-state index contributed by atoms with van der Waals surface area (Å²) in [5.74, 6) is 1.35. The molecule has 22 heavy (non-hydrogen) atoms. The number of hydrogen-bond donors (Lipinski definition) is 1. The summed E-state index contributed by atoms with van der Waals surface area (Å²) < 4.78 is 5.22. The Morgan fingerprint density at radius 3 is 2.50 bits per heavy atom. The number of carbonyl (C=O) groups excluding carboxylic acids is 1. The molecule has 1 aromatic rings. The lowest BCUT2D eigenvalue weighted by molar-refractivity contribution is -0.134. The summed E-state index contributed by atoms with van der Waals surface area (Å²) in [6.45, 7) is 8.90. The maximum Gasteiger partial charge on any atom is 0.243 e. The maximum atomic E-state index is 12.2. The standard InChI is InChI=1S/C14H25N5O2.ClH/c1-4-5-12(15)14(20)19-8-6-18(7-9-19)10(2)13-16-11(3)17-21-13;/h10,12H,4-9,15H2,1-3H3;1H. The van der Waals surface area contributed by atoms with E-state index < -0.39 is 0 Å². The van der Waals surface area contributed by atoms with Crippen LogP contribution in [0.5, 0.6) is 0 Å². The van der Waals surface area contributed by atoms with Gasteiger partial charge in [-0.1, -0.05) is 18.5 Å². The minimum absolute atomic E-state index is 0. The number of rotatable bonds is 5. The third-order valence-corrected chi connectivity index (χ3v) is 3.99. The van der Waals surface area contributed by atoms with E-state index in [0.29, 0.717) is 24.8 Å². The van der Waals surface area contributed by atoms with Crippen molar-refractivity contribution >= 4 is 18.3 Å². The van der Waals surface area contributed by atoms with E-state index in [1.807, 2.05) is 25.7 Å². The summed E-state index contributed by atoms with van der Waals surface area (Å²) in [6.07, 6.45) is 1.68. The molecule has 1 aliphatic heterocycles. The molecule has 2 rings (SSSR count). The van der Waals surface area contributed by atoms with Crippen molar-refractivity contribution in [2.45, 2.75) is 45.7 Å². The number of carbonyl (C=O) groups is 1. The normalized spacial score (nSPS) is 18.6. The number of aromatic nitrogens is 2. The van der Waals surface area contributed by atoms with Gasteiger partial charge in [0.1, 0.15) is 0 Å². The topological polar surface area (TPSA) is 88.5 Å². The van der Waals surface area contributed by atoms with Gasteiger partial charge in [-0.05, 0) is 20.3 Å². The van der Waals surface area contributed by atoms with E-state index in [4.69, 9.17) is 10.3 Å². The van der Waals surface area contributed by atoms with Crippen molar-refractivity contribution in [2.24, 2.45) is 5.73 Å². The van der Waals surface area contributed by atoms with Crippen molar-refractivity contribution < 1.29 is 9.32 Å². The second kappa shape index (κ2) is 8.45. The number of piperazine rings is 1. The van der Waals surface area contributed by atoms with Crippen molar-refractivity contribution in [1.29, 1.82) is 0 Å². The van der Waals surface area contributed by atoms with Crippen LogP contribution in [-0.4, -0.2) is 58.1 Å². The van der Waals surface area contributed by atoms with Crippen LogP contribution in [0.25, 0.3) is 0 Å². The highest BCUT2D eigenvalue weighted by Crippen LogP contribution is 2.20. The number of nitrogens with two attached hydrogens (primary N) is 1. The fourth-order valence-electron chi connectivity index (χ4n) is 2.64. The highest BCUT2D eigenvalue weighted by molar-refractivity contribution is 5.85. The zero-order valence-electron chi connectivity index (χ0n) is 13.5. The van der Waals surface area contributed by atoms with Crippen molar-refractivity contribution in [3.8, 4) is 0 Å². The lowest BCUT2D eigenvalue weighted by Crippen LogP contribution is -2.53. The Labute approximate surface area is 137 Å². The molecule has 2 unspecified atom stereocenters. The molecule has 7 nitrogen and oxygen atoms in total. The molecule has 0 aliphatic carbocycles. The van der Waals surface area contributed by atoms with Crippen molar-refractivity contribution in [3.05, 3.63) is 11.7 Å². The van der Waals surface area contributed by atoms with Crippen LogP contribution in [0, 0.1) is 6.92 Å². The van der Waals surface area contributed by atoms with Gasteiger partial charge in [0, 0.05) is 26.2 Å². The minimum atomic E-state index is -0.363. The SMILES string of the molecule is CCCC(N)C(=O)N1CCN(C(C)c2nc(C)no2)CC1.Cl. The lowest BCUT2D eigenvalue weighted by Gasteiger charge is -2.37. The molecular formula is C14H26ClN5O2. The van der Waals surface area contributed by atoms with E-state index in [1.54, 1.807) is 0 Å². The fraction of sp³-hybridized carbons (Fsp3) is 0.786. The van der Waals surface area contributed by atoms with Gasteiger partial charge in [-0.2, -0.15) is 4.98 Å². The average Bonchev–Trinajstić information content (AvgIpc) is 2.92. The molecule has 0 spiro atoms. The molecule has 1 amide bonds. The molecule has 1 aliphatic rings. The number of hydrogen-bond acceptors (Lipinski definition) is 6. The molecule has 0 saturated carbocycles. The Bertz CT molecular complexity index is 474. The minimum Gasteiger partial charge on any atom is -0.339 e. The molecule has 2 N–H and O–H groups in total. The van der Waals surface area contributed by atoms with Gasteiger partial charge in [-0.25, -0.2) is 0 Å². The van der Waals surface area contributed by atoms with Crippen molar-refractivity contribution in [2.75, 3.05) is 26.2 Å². The van der Waals surface area contributed by atoms with Gasteiger partial charge in [-0.3, -0.25) is 9.69 Å². The second-order valence-electron chi connectivity index (χ2n) is 5.61. The Balaban J connectivity index is 0.00000242. The average molecular weight is 332 g/mol. The van der Waals surface area contributed by atoms with Crippen LogP contribution in [0.15, 0.2) is 4.52 Å². The van der Waals surface area contributed by atoms with Gasteiger partial charge in [0.25, 0.3) is 0 Å². The predicted octanol–water partition coefficient (Wildman–Crippen LogP) is 1.13. The quantitative estimate of drug-likeness (QED) is 0.870. The molecule has 0 aromatic carbocycles. The van der Waals surface area contributed by atoms with Crippen LogP contribution in [0.4, 0.5) is 0 Å². The summed E-state index contributed by atoms with van der Waals surface area (Å²) in [7, 11) is 0. The first-order chi connectivity index (χ1) is 10.0. The number of halogens is 1. The predicted molar refractivity (Wildman–Crippen MR) is 85.7 cm³/mol.